The maximum Gasteiger partial charge on any atom is 0.0205 e. The summed E-state index contributed by atoms with van der Waals surface area (Å²) in [5, 5.41) is 3.45. The predicted molar refractivity (Wildman–Crippen MR) is 67.3 cm³/mol. The van der Waals surface area contributed by atoms with Gasteiger partial charge in [-0.2, -0.15) is 0 Å². The van der Waals surface area contributed by atoms with Gasteiger partial charge in [-0.05, 0) is 36.6 Å². The van der Waals surface area contributed by atoms with E-state index in [1.54, 1.807) is 0 Å². The van der Waals surface area contributed by atoms with Crippen LogP contribution >= 0.6 is 0 Å². The van der Waals surface area contributed by atoms with Crippen LogP contribution in [0.5, 0.6) is 0 Å². The summed E-state index contributed by atoms with van der Waals surface area (Å²) in [6.45, 7) is 2.04. The van der Waals surface area contributed by atoms with Crippen molar-refractivity contribution < 1.29 is 0 Å². The Bertz CT molecular complexity index is 378. The van der Waals surface area contributed by atoms with Crippen molar-refractivity contribution in [3.8, 4) is 0 Å². The molecule has 16 heavy (non-hydrogen) atoms. The Hall–Kier alpha value is -1.54. The molecule has 1 heterocycles. The van der Waals surface area contributed by atoms with Crippen LogP contribution in [-0.2, 0) is 13.0 Å². The number of aryl methyl sites for hydroxylation is 1. The van der Waals surface area contributed by atoms with Gasteiger partial charge < -0.3 is 10.3 Å². The number of benzene rings is 1. The van der Waals surface area contributed by atoms with E-state index in [1.165, 1.54) is 17.5 Å². The van der Waals surface area contributed by atoms with E-state index in [-0.39, 0.29) is 0 Å². The first-order chi connectivity index (χ1) is 7.95. The summed E-state index contributed by atoms with van der Waals surface area (Å²) < 4.78 is 0. The molecule has 0 saturated carbocycles. The van der Waals surface area contributed by atoms with Crippen molar-refractivity contribution in [2.75, 3.05) is 6.54 Å². The zero-order valence-corrected chi connectivity index (χ0v) is 9.45. The standard InChI is InChI=1S/C14H18N2/c1-2-5-13(6-3-1)11-15-9-4-7-14-8-10-16-12-14/h1-3,5-6,8,10,12,15-16H,4,7,9,11H2. The van der Waals surface area contributed by atoms with E-state index in [9.17, 15) is 0 Å². The lowest BCUT2D eigenvalue weighted by atomic mass is 10.2. The van der Waals surface area contributed by atoms with Crippen LogP contribution < -0.4 is 5.32 Å². The van der Waals surface area contributed by atoms with Crippen LogP contribution in [-0.4, -0.2) is 11.5 Å². The van der Waals surface area contributed by atoms with E-state index >= 15 is 0 Å². The quantitative estimate of drug-likeness (QED) is 0.711. The zero-order chi connectivity index (χ0) is 11.1. The highest BCUT2D eigenvalue weighted by Crippen LogP contribution is 2.01. The SMILES string of the molecule is c1ccc(CNCCCc2cc[nH]c2)cc1. The molecule has 2 heteroatoms. The van der Waals surface area contributed by atoms with E-state index in [1.807, 2.05) is 6.20 Å². The van der Waals surface area contributed by atoms with Gasteiger partial charge in [0.25, 0.3) is 0 Å². The van der Waals surface area contributed by atoms with Crippen LogP contribution in [0, 0.1) is 0 Å². The lowest BCUT2D eigenvalue weighted by molar-refractivity contribution is 0.649. The third kappa shape index (κ3) is 3.55. The molecule has 1 aromatic carbocycles. The molecule has 0 aliphatic heterocycles. The summed E-state index contributed by atoms with van der Waals surface area (Å²) in [4.78, 5) is 3.08. The first kappa shape index (κ1) is 11.0. The Balaban J connectivity index is 1.59. The molecule has 2 nitrogen and oxygen atoms in total. The van der Waals surface area contributed by atoms with Gasteiger partial charge in [0, 0.05) is 18.9 Å². The Morgan fingerprint density at radius 1 is 1.00 bits per heavy atom. The van der Waals surface area contributed by atoms with E-state index in [2.05, 4.69) is 52.9 Å². The summed E-state index contributed by atoms with van der Waals surface area (Å²) in [5.74, 6) is 0. The van der Waals surface area contributed by atoms with Gasteiger partial charge in [-0.3, -0.25) is 0 Å². The van der Waals surface area contributed by atoms with Crippen LogP contribution in [0.25, 0.3) is 0 Å². The number of aromatic amines is 1. The summed E-state index contributed by atoms with van der Waals surface area (Å²) in [7, 11) is 0. The Morgan fingerprint density at radius 3 is 2.62 bits per heavy atom. The Morgan fingerprint density at radius 2 is 1.88 bits per heavy atom. The molecule has 0 fully saturated rings. The van der Waals surface area contributed by atoms with Crippen molar-refractivity contribution in [2.45, 2.75) is 19.4 Å². The highest BCUT2D eigenvalue weighted by Gasteiger charge is 1.93. The molecule has 0 atom stereocenters. The summed E-state index contributed by atoms with van der Waals surface area (Å²) in [6, 6.07) is 12.7. The average molecular weight is 214 g/mol. The average Bonchev–Trinajstić information content (AvgIpc) is 2.83. The van der Waals surface area contributed by atoms with Crippen molar-refractivity contribution in [3.05, 3.63) is 59.9 Å². The van der Waals surface area contributed by atoms with Crippen molar-refractivity contribution >= 4 is 0 Å². The third-order valence-corrected chi connectivity index (χ3v) is 2.65. The van der Waals surface area contributed by atoms with Gasteiger partial charge in [-0.15, -0.1) is 0 Å². The van der Waals surface area contributed by atoms with Crippen LogP contribution in [0.1, 0.15) is 17.5 Å². The number of hydrogen-bond acceptors (Lipinski definition) is 1. The molecule has 0 saturated heterocycles. The van der Waals surface area contributed by atoms with Crippen LogP contribution in [0.4, 0.5) is 0 Å². The minimum absolute atomic E-state index is 0.966. The molecule has 0 radical (unpaired) electrons. The van der Waals surface area contributed by atoms with E-state index in [0.717, 1.165) is 19.5 Å². The smallest absolute Gasteiger partial charge is 0.0205 e. The van der Waals surface area contributed by atoms with E-state index < -0.39 is 0 Å². The largest absolute Gasteiger partial charge is 0.367 e. The number of hydrogen-bond donors (Lipinski definition) is 2. The summed E-state index contributed by atoms with van der Waals surface area (Å²) in [5.41, 5.74) is 2.74. The first-order valence-electron chi connectivity index (χ1n) is 5.81. The Kier molecular flexibility index (Phi) is 4.20. The second-order valence-corrected chi connectivity index (χ2v) is 3.99. The number of H-pyrrole nitrogens is 1. The molecule has 2 N–H and O–H groups in total. The second-order valence-electron chi connectivity index (χ2n) is 3.99. The monoisotopic (exact) mass is 214 g/mol. The Labute approximate surface area is 96.7 Å². The molecule has 84 valence electrons. The topological polar surface area (TPSA) is 27.8 Å². The van der Waals surface area contributed by atoms with Crippen molar-refractivity contribution in [2.24, 2.45) is 0 Å². The fraction of sp³-hybridized carbons (Fsp3) is 0.286. The highest BCUT2D eigenvalue weighted by molar-refractivity contribution is 5.14. The van der Waals surface area contributed by atoms with Crippen molar-refractivity contribution in [3.63, 3.8) is 0 Å². The van der Waals surface area contributed by atoms with Gasteiger partial charge in [-0.1, -0.05) is 30.3 Å². The molecular formula is C14H18N2. The highest BCUT2D eigenvalue weighted by atomic mass is 14.8. The van der Waals surface area contributed by atoms with E-state index in [4.69, 9.17) is 0 Å². The number of aromatic nitrogens is 1. The van der Waals surface area contributed by atoms with Gasteiger partial charge >= 0.3 is 0 Å². The van der Waals surface area contributed by atoms with Gasteiger partial charge in [-0.25, -0.2) is 0 Å². The molecular weight excluding hydrogens is 196 g/mol. The van der Waals surface area contributed by atoms with Gasteiger partial charge in [0.05, 0.1) is 0 Å². The van der Waals surface area contributed by atoms with Crippen LogP contribution in [0.15, 0.2) is 48.8 Å². The maximum absolute atomic E-state index is 3.45. The van der Waals surface area contributed by atoms with Crippen molar-refractivity contribution in [1.82, 2.24) is 10.3 Å². The minimum atomic E-state index is 0.966. The van der Waals surface area contributed by atoms with Crippen molar-refractivity contribution in [1.29, 1.82) is 0 Å². The van der Waals surface area contributed by atoms with Gasteiger partial charge in [0.2, 0.25) is 0 Å². The molecule has 2 rings (SSSR count). The zero-order valence-electron chi connectivity index (χ0n) is 9.45. The summed E-state index contributed by atoms with van der Waals surface area (Å²) >= 11 is 0. The molecule has 2 aromatic rings. The minimum Gasteiger partial charge on any atom is -0.367 e. The van der Waals surface area contributed by atoms with Gasteiger partial charge in [0.15, 0.2) is 0 Å². The van der Waals surface area contributed by atoms with Gasteiger partial charge in [0.1, 0.15) is 0 Å². The number of nitrogens with one attached hydrogen (secondary N) is 2. The maximum atomic E-state index is 3.45. The molecule has 0 bridgehead atoms. The third-order valence-electron chi connectivity index (χ3n) is 2.65. The lowest BCUT2D eigenvalue weighted by Crippen LogP contribution is -2.15. The predicted octanol–water partition coefficient (Wildman–Crippen LogP) is 2.74. The molecule has 0 aliphatic rings. The normalized spacial score (nSPS) is 10.5. The molecule has 0 spiro atoms. The molecule has 1 aromatic heterocycles. The first-order valence-corrected chi connectivity index (χ1v) is 5.81. The molecule has 0 unspecified atom stereocenters. The van der Waals surface area contributed by atoms with Crippen LogP contribution in [0.3, 0.4) is 0 Å². The fourth-order valence-corrected chi connectivity index (χ4v) is 1.76. The molecule has 0 amide bonds. The molecule has 0 aliphatic carbocycles. The number of rotatable bonds is 6. The van der Waals surface area contributed by atoms with E-state index in [0.29, 0.717) is 0 Å². The van der Waals surface area contributed by atoms with Crippen LogP contribution in [0.2, 0.25) is 0 Å². The summed E-state index contributed by atoms with van der Waals surface area (Å²) in [6.07, 6.45) is 6.37. The lowest BCUT2D eigenvalue weighted by Gasteiger charge is -2.04. The second kappa shape index (κ2) is 6.13. The fourth-order valence-electron chi connectivity index (χ4n) is 1.76.